The highest BCUT2D eigenvalue weighted by Crippen LogP contribution is 2.12. The van der Waals surface area contributed by atoms with E-state index in [0.29, 0.717) is 13.2 Å². The molecule has 0 fully saturated rings. The zero-order valence-electron chi connectivity index (χ0n) is 9.87. The number of hydrogen-bond donors (Lipinski definition) is 0. The van der Waals surface area contributed by atoms with E-state index < -0.39 is 5.60 Å². The molecule has 0 aromatic heterocycles. The van der Waals surface area contributed by atoms with Crippen molar-refractivity contribution in [3.05, 3.63) is 11.4 Å². The number of carbonyl (C=O) groups excluding carboxylic acids is 1. The minimum Gasteiger partial charge on any atom is -0.460 e. The van der Waals surface area contributed by atoms with Crippen LogP contribution in [-0.2, 0) is 14.3 Å². The molecule has 0 aliphatic carbocycles. The molecule has 15 heavy (non-hydrogen) atoms. The molecule has 4 heteroatoms. The van der Waals surface area contributed by atoms with Gasteiger partial charge in [-0.15, -0.1) is 0 Å². The largest absolute Gasteiger partial charge is 0.460 e. The smallest absolute Gasteiger partial charge is 0.306 e. The quantitative estimate of drug-likeness (QED) is 0.517. The van der Waals surface area contributed by atoms with Crippen LogP contribution in [0.5, 0.6) is 0 Å². The predicted octanol–water partition coefficient (Wildman–Crippen LogP) is 1.90. The normalized spacial score (nSPS) is 13.0. The average molecular weight is 213 g/mol. The zero-order valence-corrected chi connectivity index (χ0v) is 9.87. The molecule has 0 heterocycles. The van der Waals surface area contributed by atoms with Crippen molar-refractivity contribution < 1.29 is 14.3 Å². The molecule has 1 atom stereocenters. The Morgan fingerprint density at radius 2 is 2.07 bits per heavy atom. The molecule has 0 aromatic rings. The Hall–Kier alpha value is -1.08. The van der Waals surface area contributed by atoms with Gasteiger partial charge in [0.2, 0.25) is 6.54 Å². The van der Waals surface area contributed by atoms with Gasteiger partial charge in [-0.05, 0) is 20.8 Å². The zero-order chi connectivity index (χ0) is 11.9. The van der Waals surface area contributed by atoms with Gasteiger partial charge >= 0.3 is 5.97 Å². The number of ether oxygens (including phenoxy) is 2. The Labute approximate surface area is 91.4 Å². The van der Waals surface area contributed by atoms with Crippen molar-refractivity contribution in [1.82, 2.24) is 0 Å². The van der Waals surface area contributed by atoms with Crippen molar-refractivity contribution in [1.29, 1.82) is 0 Å². The maximum Gasteiger partial charge on any atom is 0.306 e. The lowest BCUT2D eigenvalue weighted by Crippen LogP contribution is -2.26. The topological polar surface area (TPSA) is 39.9 Å². The van der Waals surface area contributed by atoms with Gasteiger partial charge in [0.05, 0.1) is 18.9 Å². The van der Waals surface area contributed by atoms with E-state index >= 15 is 0 Å². The molecule has 0 N–H and O–H groups in total. The van der Waals surface area contributed by atoms with Crippen molar-refractivity contribution in [2.45, 2.75) is 32.8 Å². The van der Waals surface area contributed by atoms with Crippen LogP contribution in [0.1, 0.15) is 27.2 Å². The van der Waals surface area contributed by atoms with Crippen LogP contribution >= 0.6 is 0 Å². The maximum atomic E-state index is 11.4. The van der Waals surface area contributed by atoms with Crippen molar-refractivity contribution in [3.8, 4) is 0 Å². The van der Waals surface area contributed by atoms with Gasteiger partial charge < -0.3 is 14.3 Å². The summed E-state index contributed by atoms with van der Waals surface area (Å²) in [6, 6.07) is 0. The maximum absolute atomic E-state index is 11.4. The fourth-order valence-corrected chi connectivity index (χ4v) is 1.16. The average Bonchev–Trinajstić information content (AvgIpc) is 2.00. The standard InChI is InChI=1S/C11H19NO3/c1-11(2,3)15-10(13)6-9(7-12-4)8-14-5/h9H,6-8H2,1-3,5H3/t9-/m0/s1. The molecule has 0 radical (unpaired) electrons. The predicted molar refractivity (Wildman–Crippen MR) is 57.3 cm³/mol. The third-order valence-electron chi connectivity index (χ3n) is 1.63. The summed E-state index contributed by atoms with van der Waals surface area (Å²) in [6.07, 6.45) is 0.244. The van der Waals surface area contributed by atoms with E-state index in [1.807, 2.05) is 20.8 Å². The summed E-state index contributed by atoms with van der Waals surface area (Å²) in [5, 5.41) is 0. The summed E-state index contributed by atoms with van der Waals surface area (Å²) < 4.78 is 10.1. The molecule has 0 bridgehead atoms. The molecule has 4 nitrogen and oxygen atoms in total. The van der Waals surface area contributed by atoms with Crippen LogP contribution in [0, 0.1) is 12.5 Å². The Bertz CT molecular complexity index is 237. The summed E-state index contributed by atoms with van der Waals surface area (Å²) in [7, 11) is 1.56. The molecule has 0 aromatic carbocycles. The number of nitrogens with zero attached hydrogens (tertiary/aromatic N) is 1. The second-order valence-corrected chi connectivity index (χ2v) is 4.45. The molecule has 0 rings (SSSR count). The molecule has 0 saturated heterocycles. The van der Waals surface area contributed by atoms with E-state index in [1.54, 1.807) is 7.11 Å². The Morgan fingerprint density at radius 1 is 1.47 bits per heavy atom. The Kier molecular flexibility index (Phi) is 5.95. The number of hydrogen-bond acceptors (Lipinski definition) is 3. The van der Waals surface area contributed by atoms with Gasteiger partial charge in [0, 0.05) is 7.11 Å². The van der Waals surface area contributed by atoms with Gasteiger partial charge in [-0.25, -0.2) is 6.57 Å². The monoisotopic (exact) mass is 213 g/mol. The van der Waals surface area contributed by atoms with Crippen LogP contribution in [-0.4, -0.2) is 31.8 Å². The van der Waals surface area contributed by atoms with Gasteiger partial charge in [-0.1, -0.05) is 0 Å². The number of esters is 1. The van der Waals surface area contributed by atoms with Crippen molar-refractivity contribution >= 4 is 5.97 Å². The van der Waals surface area contributed by atoms with Gasteiger partial charge in [-0.3, -0.25) is 4.79 Å². The second kappa shape index (κ2) is 6.41. The fraction of sp³-hybridized carbons (Fsp3) is 0.818. The summed E-state index contributed by atoms with van der Waals surface area (Å²) in [4.78, 5) is 14.7. The van der Waals surface area contributed by atoms with Gasteiger partial charge in [0.25, 0.3) is 0 Å². The van der Waals surface area contributed by atoms with Crippen LogP contribution in [0.25, 0.3) is 4.85 Å². The van der Waals surface area contributed by atoms with E-state index in [1.165, 1.54) is 0 Å². The summed E-state index contributed by atoms with van der Waals surface area (Å²) in [5.41, 5.74) is -0.465. The highest BCUT2D eigenvalue weighted by Gasteiger charge is 2.21. The number of methoxy groups -OCH3 is 1. The molecule has 0 aliphatic heterocycles. The van der Waals surface area contributed by atoms with Crippen LogP contribution < -0.4 is 0 Å². The molecule has 0 amide bonds. The summed E-state index contributed by atoms with van der Waals surface area (Å²) >= 11 is 0. The number of carbonyl (C=O) groups is 1. The van der Waals surface area contributed by atoms with E-state index in [2.05, 4.69) is 4.85 Å². The third kappa shape index (κ3) is 7.95. The highest BCUT2D eigenvalue weighted by atomic mass is 16.6. The molecule has 86 valence electrons. The van der Waals surface area contributed by atoms with Gasteiger partial charge in [-0.2, -0.15) is 0 Å². The Balaban J connectivity index is 4.06. The first kappa shape index (κ1) is 13.9. The van der Waals surface area contributed by atoms with E-state index in [4.69, 9.17) is 16.0 Å². The summed E-state index contributed by atoms with van der Waals surface area (Å²) in [6.45, 7) is 12.9. The Morgan fingerprint density at radius 3 is 2.47 bits per heavy atom. The first-order chi connectivity index (χ1) is 6.89. The lowest BCUT2D eigenvalue weighted by molar-refractivity contribution is -0.156. The minimum atomic E-state index is -0.465. The third-order valence-corrected chi connectivity index (χ3v) is 1.63. The summed E-state index contributed by atoms with van der Waals surface area (Å²) in [5.74, 6) is -0.337. The molecule has 0 saturated carbocycles. The van der Waals surface area contributed by atoms with Crippen molar-refractivity contribution in [3.63, 3.8) is 0 Å². The van der Waals surface area contributed by atoms with Crippen molar-refractivity contribution in [2.75, 3.05) is 20.3 Å². The molecule has 0 aliphatic rings. The van der Waals surface area contributed by atoms with E-state index in [-0.39, 0.29) is 18.3 Å². The molecular weight excluding hydrogens is 194 g/mol. The van der Waals surface area contributed by atoms with E-state index in [0.717, 1.165) is 0 Å². The fourth-order valence-electron chi connectivity index (χ4n) is 1.16. The lowest BCUT2D eigenvalue weighted by Gasteiger charge is -2.20. The van der Waals surface area contributed by atoms with Crippen LogP contribution in [0.3, 0.4) is 0 Å². The van der Waals surface area contributed by atoms with E-state index in [9.17, 15) is 4.79 Å². The van der Waals surface area contributed by atoms with Gasteiger partial charge in [0.15, 0.2) is 0 Å². The molecule has 0 unspecified atom stereocenters. The first-order valence-corrected chi connectivity index (χ1v) is 4.93. The van der Waals surface area contributed by atoms with Crippen LogP contribution in [0.2, 0.25) is 0 Å². The lowest BCUT2D eigenvalue weighted by atomic mass is 10.1. The highest BCUT2D eigenvalue weighted by molar-refractivity contribution is 5.70. The number of rotatable bonds is 5. The SMILES string of the molecule is [C-]#[N+]C[C@@H](COC)CC(=O)OC(C)(C)C. The van der Waals surface area contributed by atoms with Crippen LogP contribution in [0.4, 0.5) is 0 Å². The van der Waals surface area contributed by atoms with Crippen LogP contribution in [0.15, 0.2) is 0 Å². The minimum absolute atomic E-state index is 0.0673. The molecular formula is C11H19NO3. The molecule has 0 spiro atoms. The van der Waals surface area contributed by atoms with Gasteiger partial charge in [0.1, 0.15) is 5.60 Å². The second-order valence-electron chi connectivity index (χ2n) is 4.45. The first-order valence-electron chi connectivity index (χ1n) is 4.93. The van der Waals surface area contributed by atoms with Crippen molar-refractivity contribution in [2.24, 2.45) is 5.92 Å².